The van der Waals surface area contributed by atoms with E-state index in [1.165, 1.54) is 7.11 Å². The van der Waals surface area contributed by atoms with Gasteiger partial charge in [-0.15, -0.1) is 0 Å². The molecule has 8 heteroatoms. The number of carbonyl (C=O) groups excluding carboxylic acids is 4. The van der Waals surface area contributed by atoms with Crippen molar-refractivity contribution >= 4 is 23.3 Å². The minimum Gasteiger partial charge on any atom is -0.469 e. The summed E-state index contributed by atoms with van der Waals surface area (Å²) < 4.78 is 18.0. The highest BCUT2D eigenvalue weighted by atomic mass is 16.6. The standard InChI is InChI=1S/C41H62O8/c1-23(2)28-20-32(42)26(5)12-10-11-24(3)18-33(43)31-19-27(6)29-21-35(45)40(8)37(49-40)15-16-39(7)36(48-39)14-13-25(4)17-30(29)41(31,22-34(28)44)38(46)47-9/h17,23-24,26,28,30-31,35-37,45H,10-16,18-22H2,1-9H3/b25-17+/t24-,26+,28-,30-,31+,35-,36-,37-,39-,40-,41-/m0/s1. The van der Waals surface area contributed by atoms with Crippen LogP contribution in [0.25, 0.3) is 0 Å². The van der Waals surface area contributed by atoms with E-state index in [0.717, 1.165) is 61.7 Å². The molecule has 2 aliphatic heterocycles. The fraction of sp³-hybridized carbons (Fsp3) is 0.805. The average molecular weight is 683 g/mol. The van der Waals surface area contributed by atoms with Crippen LogP contribution in [0.4, 0.5) is 0 Å². The Bertz CT molecular complexity index is 1380. The zero-order valence-corrected chi connectivity index (χ0v) is 31.6. The lowest BCUT2D eigenvalue weighted by molar-refractivity contribution is -0.166. The van der Waals surface area contributed by atoms with Crippen LogP contribution in [-0.4, -0.2) is 65.0 Å². The fourth-order valence-electron chi connectivity index (χ4n) is 9.55. The molecule has 11 atom stereocenters. The largest absolute Gasteiger partial charge is 0.469 e. The van der Waals surface area contributed by atoms with E-state index in [0.29, 0.717) is 12.8 Å². The molecule has 0 spiro atoms. The van der Waals surface area contributed by atoms with Crippen molar-refractivity contribution < 1.29 is 38.5 Å². The molecule has 8 nitrogen and oxygen atoms in total. The first-order chi connectivity index (χ1) is 23.0. The lowest BCUT2D eigenvalue weighted by atomic mass is 9.53. The number of ketones is 3. The van der Waals surface area contributed by atoms with E-state index in [-0.39, 0.29) is 72.2 Å². The fourth-order valence-corrected chi connectivity index (χ4v) is 9.55. The molecule has 274 valence electrons. The molecular weight excluding hydrogens is 620 g/mol. The van der Waals surface area contributed by atoms with Crippen LogP contribution in [0.5, 0.6) is 0 Å². The molecule has 0 aromatic rings. The number of carbonyl (C=O) groups is 4. The molecule has 0 aromatic heterocycles. The zero-order chi connectivity index (χ0) is 36.1. The topological polar surface area (TPSA) is 123 Å². The third kappa shape index (κ3) is 7.58. The smallest absolute Gasteiger partial charge is 0.313 e. The maximum absolute atomic E-state index is 14.7. The van der Waals surface area contributed by atoms with Gasteiger partial charge in [0.2, 0.25) is 0 Å². The molecule has 2 heterocycles. The van der Waals surface area contributed by atoms with Crippen LogP contribution in [0, 0.1) is 40.9 Å². The molecule has 49 heavy (non-hydrogen) atoms. The number of esters is 1. The summed E-state index contributed by atoms with van der Waals surface area (Å²) in [7, 11) is 1.34. The van der Waals surface area contributed by atoms with E-state index >= 15 is 0 Å². The second kappa shape index (κ2) is 14.5. The number of rotatable bonds is 2. The van der Waals surface area contributed by atoms with Crippen molar-refractivity contribution in [3.63, 3.8) is 0 Å². The van der Waals surface area contributed by atoms with Crippen molar-refractivity contribution in [2.75, 3.05) is 7.11 Å². The Morgan fingerprint density at radius 3 is 2.31 bits per heavy atom. The number of aliphatic hydroxyl groups is 1. The van der Waals surface area contributed by atoms with Crippen LogP contribution in [-0.2, 0) is 33.4 Å². The molecule has 0 radical (unpaired) electrons. The molecule has 1 saturated carbocycles. The molecule has 0 amide bonds. The lowest BCUT2D eigenvalue weighted by Gasteiger charge is -2.48. The summed E-state index contributed by atoms with van der Waals surface area (Å²) in [6.45, 7) is 16.1. The van der Waals surface area contributed by atoms with Crippen LogP contribution in [0.3, 0.4) is 0 Å². The van der Waals surface area contributed by atoms with E-state index in [4.69, 9.17) is 14.2 Å². The summed E-state index contributed by atoms with van der Waals surface area (Å²) in [5.41, 5.74) is 0.440. The minimum atomic E-state index is -1.52. The third-order valence-electron chi connectivity index (χ3n) is 13.3. The first kappa shape index (κ1) is 38.1. The van der Waals surface area contributed by atoms with E-state index in [9.17, 15) is 24.3 Å². The number of fused-ring (bicyclic) bond motifs is 5. The highest BCUT2D eigenvalue weighted by Crippen LogP contribution is 2.57. The van der Waals surface area contributed by atoms with Crippen molar-refractivity contribution in [3.05, 3.63) is 22.8 Å². The number of methoxy groups -OCH3 is 1. The Balaban J connectivity index is 1.68. The molecule has 0 bridgehead atoms. The van der Waals surface area contributed by atoms with Crippen molar-refractivity contribution in [1.82, 2.24) is 0 Å². The van der Waals surface area contributed by atoms with Gasteiger partial charge in [-0.3, -0.25) is 19.2 Å². The van der Waals surface area contributed by atoms with Crippen molar-refractivity contribution in [3.8, 4) is 0 Å². The third-order valence-corrected chi connectivity index (χ3v) is 13.3. The Labute approximate surface area is 294 Å². The number of ether oxygens (including phenoxy) is 3. The van der Waals surface area contributed by atoms with Crippen LogP contribution in [0.2, 0.25) is 0 Å². The summed E-state index contributed by atoms with van der Waals surface area (Å²) in [5, 5.41) is 11.8. The van der Waals surface area contributed by atoms with E-state index in [1.54, 1.807) is 0 Å². The number of hydrogen-bond donors (Lipinski definition) is 1. The molecule has 1 N–H and O–H groups in total. The minimum absolute atomic E-state index is 0.0166. The molecule has 0 unspecified atom stereocenters. The zero-order valence-electron chi connectivity index (χ0n) is 31.6. The predicted molar refractivity (Wildman–Crippen MR) is 188 cm³/mol. The molecule has 2 saturated heterocycles. The van der Waals surface area contributed by atoms with Crippen molar-refractivity contribution in [2.45, 2.75) is 162 Å². The van der Waals surface area contributed by atoms with E-state index in [2.05, 4.69) is 26.8 Å². The maximum Gasteiger partial charge on any atom is 0.313 e. The Kier molecular flexibility index (Phi) is 11.2. The van der Waals surface area contributed by atoms with Gasteiger partial charge in [-0.25, -0.2) is 0 Å². The second-order valence-corrected chi connectivity index (χ2v) is 17.4. The molecule has 3 fully saturated rings. The number of aliphatic hydroxyl groups excluding tert-OH is 1. The summed E-state index contributed by atoms with van der Waals surface area (Å²) in [4.78, 5) is 57.4. The van der Waals surface area contributed by atoms with Gasteiger partial charge in [-0.1, -0.05) is 63.3 Å². The van der Waals surface area contributed by atoms with Gasteiger partial charge in [0.25, 0.3) is 0 Å². The normalized spacial score (nSPS) is 43.9. The molecule has 5 aliphatic rings. The van der Waals surface area contributed by atoms with Crippen LogP contribution >= 0.6 is 0 Å². The van der Waals surface area contributed by atoms with Gasteiger partial charge >= 0.3 is 5.97 Å². The number of epoxide rings is 2. The van der Waals surface area contributed by atoms with Gasteiger partial charge in [0.1, 0.15) is 23.0 Å². The number of hydrogen-bond acceptors (Lipinski definition) is 8. The average Bonchev–Trinajstić information content (AvgIpc) is 3.92. The number of allylic oxidation sites excluding steroid dienone is 3. The van der Waals surface area contributed by atoms with Crippen LogP contribution in [0.1, 0.15) is 132 Å². The van der Waals surface area contributed by atoms with E-state index in [1.807, 2.05) is 34.6 Å². The van der Waals surface area contributed by atoms with Gasteiger partial charge < -0.3 is 19.3 Å². The van der Waals surface area contributed by atoms with Crippen LogP contribution < -0.4 is 0 Å². The van der Waals surface area contributed by atoms with Gasteiger partial charge in [-0.2, -0.15) is 0 Å². The van der Waals surface area contributed by atoms with Crippen LogP contribution in [0.15, 0.2) is 22.8 Å². The summed E-state index contributed by atoms with van der Waals surface area (Å²) >= 11 is 0. The van der Waals surface area contributed by atoms with Gasteiger partial charge in [0, 0.05) is 42.9 Å². The SMILES string of the molecule is COC(=O)[C@]12CC(=O)[C@H](C(C)C)CC(=O)[C@H](C)CCC[C@H](C)CC(=O)[C@H]1CC(C)=C1C[C@H](O)[C@]3(C)O[C@H]3CC[C@]3(C)O[C@H]3CC/C(C)=C/[C@@H]12. The monoisotopic (exact) mass is 682 g/mol. The Hall–Kier alpha value is -2.16. The molecule has 3 aliphatic carbocycles. The highest BCUT2D eigenvalue weighted by Gasteiger charge is 2.62. The summed E-state index contributed by atoms with van der Waals surface area (Å²) in [6.07, 6.45) is 7.67. The molecule has 0 aromatic carbocycles. The Morgan fingerprint density at radius 2 is 1.63 bits per heavy atom. The molecular formula is C41H62O8. The Morgan fingerprint density at radius 1 is 0.918 bits per heavy atom. The predicted octanol–water partition coefficient (Wildman–Crippen LogP) is 7.29. The first-order valence-electron chi connectivity index (χ1n) is 19.0. The molecule has 5 rings (SSSR count). The van der Waals surface area contributed by atoms with Crippen molar-refractivity contribution in [1.29, 1.82) is 0 Å². The first-order valence-corrected chi connectivity index (χ1v) is 19.0. The quantitative estimate of drug-likeness (QED) is 0.183. The van der Waals surface area contributed by atoms with Crippen molar-refractivity contribution in [2.24, 2.45) is 40.9 Å². The maximum atomic E-state index is 14.7. The summed E-state index contributed by atoms with van der Waals surface area (Å²) in [6, 6.07) is 0. The number of Topliss-reactive ketones (excluding diaryl/α,β-unsaturated/α-hetero) is 3. The highest BCUT2D eigenvalue weighted by molar-refractivity contribution is 5.97. The van der Waals surface area contributed by atoms with Gasteiger partial charge in [0.15, 0.2) is 0 Å². The van der Waals surface area contributed by atoms with E-state index < -0.39 is 40.8 Å². The van der Waals surface area contributed by atoms with Gasteiger partial charge in [-0.05, 0) is 84.5 Å². The second-order valence-electron chi connectivity index (χ2n) is 17.4. The van der Waals surface area contributed by atoms with Gasteiger partial charge in [0.05, 0.1) is 36.4 Å². The summed E-state index contributed by atoms with van der Waals surface area (Å²) in [5.74, 6) is -2.92. The lowest BCUT2D eigenvalue weighted by Crippen LogP contribution is -2.54.